The number of esters is 2. The van der Waals surface area contributed by atoms with Crippen LogP contribution in [0.1, 0.15) is 43.5 Å². The van der Waals surface area contributed by atoms with E-state index in [2.05, 4.69) is 4.99 Å². The zero-order valence-corrected chi connectivity index (χ0v) is 20.1. The van der Waals surface area contributed by atoms with Crippen molar-refractivity contribution in [2.24, 2.45) is 4.99 Å². The van der Waals surface area contributed by atoms with Gasteiger partial charge < -0.3 is 9.47 Å². The number of rotatable bonds is 5. The van der Waals surface area contributed by atoms with Gasteiger partial charge in [0.2, 0.25) is 0 Å². The van der Waals surface area contributed by atoms with E-state index in [1.165, 1.54) is 18.3 Å². The summed E-state index contributed by atoms with van der Waals surface area (Å²) < 4.78 is 12.5. The summed E-state index contributed by atoms with van der Waals surface area (Å²) in [4.78, 5) is 42.9. The smallest absolute Gasteiger partial charge is 0.338 e. The van der Waals surface area contributed by atoms with Gasteiger partial charge in [-0.1, -0.05) is 53.3 Å². The summed E-state index contributed by atoms with van der Waals surface area (Å²) in [6.45, 7) is 7.03. The van der Waals surface area contributed by atoms with E-state index in [0.29, 0.717) is 31.9 Å². The van der Waals surface area contributed by atoms with E-state index in [1.807, 2.05) is 37.3 Å². The van der Waals surface area contributed by atoms with Gasteiger partial charge in [0.25, 0.3) is 5.56 Å². The van der Waals surface area contributed by atoms with E-state index in [0.717, 1.165) is 11.1 Å². The molecule has 2 aromatic carbocycles. The Hall–Kier alpha value is -3.78. The molecule has 0 aliphatic carbocycles. The first-order valence-corrected chi connectivity index (χ1v) is 11.6. The molecule has 0 amide bonds. The highest BCUT2D eigenvalue weighted by Gasteiger charge is 2.33. The highest BCUT2D eigenvalue weighted by atomic mass is 32.1. The summed E-state index contributed by atoms with van der Waals surface area (Å²) in [5.41, 5.74) is 3.18. The molecule has 3 aromatic rings. The summed E-state index contributed by atoms with van der Waals surface area (Å²) in [6, 6.07) is 14.0. The molecular formula is C26H24N2O5S. The third-order valence-electron chi connectivity index (χ3n) is 5.33. The van der Waals surface area contributed by atoms with Crippen LogP contribution in [0.2, 0.25) is 0 Å². The summed E-state index contributed by atoms with van der Waals surface area (Å²) in [5, 5.41) is 0. The Morgan fingerprint density at radius 1 is 1.15 bits per heavy atom. The van der Waals surface area contributed by atoms with Crippen molar-refractivity contribution in [2.75, 3.05) is 6.61 Å². The van der Waals surface area contributed by atoms with Crippen LogP contribution in [0.4, 0.5) is 0 Å². The van der Waals surface area contributed by atoms with Crippen LogP contribution in [0.15, 0.2) is 69.6 Å². The molecule has 34 heavy (non-hydrogen) atoms. The van der Waals surface area contributed by atoms with E-state index >= 15 is 0 Å². The first kappa shape index (κ1) is 23.4. The number of aryl methyl sites for hydroxylation is 1. The SMILES string of the molecule is CCOC(=O)C1=C(C)N=c2s/c(=C/c3cccc(OC(C)=O)c3)c(=O)n2C1c1ccc(C)cc1. The number of thiazole rings is 1. The molecular weight excluding hydrogens is 452 g/mol. The van der Waals surface area contributed by atoms with Gasteiger partial charge in [-0.25, -0.2) is 9.79 Å². The van der Waals surface area contributed by atoms with E-state index in [9.17, 15) is 14.4 Å². The lowest BCUT2D eigenvalue weighted by Gasteiger charge is -2.24. The number of ether oxygens (including phenoxy) is 2. The van der Waals surface area contributed by atoms with Crippen molar-refractivity contribution >= 4 is 29.4 Å². The second-order valence-electron chi connectivity index (χ2n) is 7.88. The van der Waals surface area contributed by atoms with E-state index < -0.39 is 18.0 Å². The fourth-order valence-corrected chi connectivity index (χ4v) is 4.89. The minimum absolute atomic E-state index is 0.222. The molecule has 0 bridgehead atoms. The van der Waals surface area contributed by atoms with Crippen LogP contribution in [-0.4, -0.2) is 23.1 Å². The van der Waals surface area contributed by atoms with Crippen LogP contribution in [-0.2, 0) is 14.3 Å². The van der Waals surface area contributed by atoms with Crippen molar-refractivity contribution in [1.29, 1.82) is 0 Å². The zero-order chi connectivity index (χ0) is 24.4. The maximum absolute atomic E-state index is 13.6. The van der Waals surface area contributed by atoms with Crippen molar-refractivity contribution in [3.63, 3.8) is 0 Å². The molecule has 174 valence electrons. The van der Waals surface area contributed by atoms with E-state index in [4.69, 9.17) is 9.47 Å². The highest BCUT2D eigenvalue weighted by Crippen LogP contribution is 2.30. The molecule has 7 nitrogen and oxygen atoms in total. The summed E-state index contributed by atoms with van der Waals surface area (Å²) >= 11 is 1.24. The van der Waals surface area contributed by atoms with Gasteiger partial charge in [0, 0.05) is 6.92 Å². The molecule has 1 unspecified atom stereocenters. The number of allylic oxidation sites excluding steroid dienone is 1. The molecule has 1 aliphatic heterocycles. The van der Waals surface area contributed by atoms with Gasteiger partial charge in [0.15, 0.2) is 4.80 Å². The second-order valence-corrected chi connectivity index (χ2v) is 8.89. The van der Waals surface area contributed by atoms with Gasteiger partial charge >= 0.3 is 11.9 Å². The Bertz CT molecular complexity index is 1480. The van der Waals surface area contributed by atoms with Crippen LogP contribution in [0, 0.1) is 6.92 Å². The predicted octanol–water partition coefficient (Wildman–Crippen LogP) is 3.03. The first-order valence-electron chi connectivity index (χ1n) is 10.8. The fourth-order valence-electron chi connectivity index (χ4n) is 3.84. The third-order valence-corrected chi connectivity index (χ3v) is 6.31. The number of aromatic nitrogens is 1. The van der Waals surface area contributed by atoms with Crippen molar-refractivity contribution in [1.82, 2.24) is 4.57 Å². The minimum Gasteiger partial charge on any atom is -0.463 e. The lowest BCUT2D eigenvalue weighted by molar-refractivity contribution is -0.139. The topological polar surface area (TPSA) is 87.0 Å². The molecule has 1 atom stereocenters. The first-order chi connectivity index (χ1) is 16.3. The molecule has 0 N–H and O–H groups in total. The fraction of sp³-hybridized carbons (Fsp3) is 0.231. The number of carbonyl (C=O) groups is 2. The Morgan fingerprint density at radius 3 is 2.56 bits per heavy atom. The van der Waals surface area contributed by atoms with Crippen molar-refractivity contribution in [2.45, 2.75) is 33.7 Å². The molecule has 0 radical (unpaired) electrons. The van der Waals surface area contributed by atoms with Crippen LogP contribution in [0.25, 0.3) is 6.08 Å². The van der Waals surface area contributed by atoms with E-state index in [-0.39, 0.29) is 12.2 Å². The highest BCUT2D eigenvalue weighted by molar-refractivity contribution is 7.07. The molecule has 0 spiro atoms. The van der Waals surface area contributed by atoms with Crippen LogP contribution in [0.5, 0.6) is 5.75 Å². The summed E-state index contributed by atoms with van der Waals surface area (Å²) in [6.07, 6.45) is 1.73. The lowest BCUT2D eigenvalue weighted by Crippen LogP contribution is -2.39. The number of carbonyl (C=O) groups excluding carboxylic acids is 2. The Labute approximate surface area is 200 Å². The predicted molar refractivity (Wildman–Crippen MR) is 129 cm³/mol. The van der Waals surface area contributed by atoms with Crippen molar-refractivity contribution in [3.05, 3.63) is 96.2 Å². The minimum atomic E-state index is -0.648. The van der Waals surface area contributed by atoms with Gasteiger partial charge in [-0.05, 0) is 50.1 Å². The van der Waals surface area contributed by atoms with Gasteiger partial charge in [0.1, 0.15) is 5.75 Å². The van der Waals surface area contributed by atoms with Crippen LogP contribution in [0.3, 0.4) is 0 Å². The maximum atomic E-state index is 13.6. The molecule has 1 aromatic heterocycles. The maximum Gasteiger partial charge on any atom is 0.338 e. The quantitative estimate of drug-likeness (QED) is 0.417. The molecule has 1 aliphatic rings. The summed E-state index contributed by atoms with van der Waals surface area (Å²) in [5.74, 6) is -0.513. The Kier molecular flexibility index (Phi) is 6.61. The average molecular weight is 477 g/mol. The molecule has 8 heteroatoms. The number of hydrogen-bond acceptors (Lipinski definition) is 7. The van der Waals surface area contributed by atoms with Gasteiger partial charge in [-0.15, -0.1) is 0 Å². The summed E-state index contributed by atoms with van der Waals surface area (Å²) in [7, 11) is 0. The van der Waals surface area contributed by atoms with Crippen molar-refractivity contribution < 1.29 is 19.1 Å². The Balaban J connectivity index is 1.90. The van der Waals surface area contributed by atoms with Gasteiger partial charge in [0.05, 0.1) is 28.5 Å². The molecule has 0 saturated carbocycles. The Morgan fingerprint density at radius 2 is 1.88 bits per heavy atom. The van der Waals surface area contributed by atoms with E-state index in [1.54, 1.807) is 42.7 Å². The number of fused-ring (bicyclic) bond motifs is 1. The van der Waals surface area contributed by atoms with Crippen LogP contribution < -0.4 is 19.6 Å². The lowest BCUT2D eigenvalue weighted by atomic mass is 9.95. The second kappa shape index (κ2) is 9.61. The number of nitrogens with zero attached hydrogens (tertiary/aromatic N) is 2. The third kappa shape index (κ3) is 4.63. The van der Waals surface area contributed by atoms with Crippen molar-refractivity contribution in [3.8, 4) is 5.75 Å². The number of benzene rings is 2. The van der Waals surface area contributed by atoms with Gasteiger partial charge in [-0.2, -0.15) is 0 Å². The molecule has 2 heterocycles. The largest absolute Gasteiger partial charge is 0.463 e. The monoisotopic (exact) mass is 476 g/mol. The average Bonchev–Trinajstić information content (AvgIpc) is 3.08. The number of hydrogen-bond donors (Lipinski definition) is 0. The normalized spacial score (nSPS) is 15.5. The zero-order valence-electron chi connectivity index (χ0n) is 19.3. The molecule has 0 fully saturated rings. The standard InChI is InChI=1S/C26H24N2O5S/c1-5-32-25(31)22-16(3)27-26-28(23(22)19-11-9-15(2)10-12-19)24(30)21(34-26)14-18-7-6-8-20(13-18)33-17(4)29/h6-14,23H,5H2,1-4H3/b21-14+. The van der Waals surface area contributed by atoms with Crippen LogP contribution >= 0.6 is 11.3 Å². The van der Waals surface area contributed by atoms with Gasteiger partial charge in [-0.3, -0.25) is 14.2 Å². The molecule has 4 rings (SSSR count). The molecule has 0 saturated heterocycles.